The van der Waals surface area contributed by atoms with Crippen LogP contribution in [0.4, 0.5) is 0 Å². The van der Waals surface area contributed by atoms with Crippen molar-refractivity contribution in [2.24, 2.45) is 0 Å². The maximum atomic E-state index is 11.0. The van der Waals surface area contributed by atoms with E-state index in [1.54, 1.807) is 4.90 Å². The van der Waals surface area contributed by atoms with Crippen LogP contribution in [0.2, 0.25) is 0 Å². The number of carboxylic acid groups (broad SMARTS) is 1. The summed E-state index contributed by atoms with van der Waals surface area (Å²) in [4.78, 5) is 23.4. The largest absolute Gasteiger partial charge is 0.477 e. The molecule has 0 aromatic heterocycles. The Morgan fingerprint density at radius 3 is 2.00 bits per heavy atom. The molecule has 14 heavy (non-hydrogen) atoms. The summed E-state index contributed by atoms with van der Waals surface area (Å²) in [5.74, 6) is -1.75. The monoisotopic (exact) mass is 203 g/mol. The van der Waals surface area contributed by atoms with Crippen LogP contribution in [0.5, 0.6) is 0 Å². The molecule has 0 fully saturated rings. The molecule has 1 N–H and O–H groups in total. The summed E-state index contributed by atoms with van der Waals surface area (Å²) in [7, 11) is 0. The summed E-state index contributed by atoms with van der Waals surface area (Å²) in [6.45, 7) is 7.22. The van der Waals surface area contributed by atoms with Crippen LogP contribution in [-0.4, -0.2) is 40.8 Å². The Bertz CT molecular complexity index is 225. The molecule has 0 radical (unpaired) electrons. The molecule has 0 heterocycles. The first kappa shape index (κ1) is 12.9. The average molecular weight is 203 g/mol. The van der Waals surface area contributed by atoms with Crippen molar-refractivity contribution in [3.05, 3.63) is 0 Å². The molecule has 0 saturated carbocycles. The van der Waals surface area contributed by atoms with Crippen molar-refractivity contribution in [3.63, 3.8) is 0 Å². The number of ether oxygens (including phenoxy) is 1. The lowest BCUT2D eigenvalue weighted by Crippen LogP contribution is -2.55. The van der Waals surface area contributed by atoms with Gasteiger partial charge in [-0.15, -0.1) is 0 Å². The van der Waals surface area contributed by atoms with Crippen molar-refractivity contribution in [2.75, 3.05) is 13.1 Å². The number of carbonyl (C=O) groups excluding carboxylic acids is 1. The van der Waals surface area contributed by atoms with Crippen molar-refractivity contribution in [1.29, 1.82) is 0 Å². The zero-order valence-electron chi connectivity index (χ0n) is 9.03. The maximum absolute atomic E-state index is 11.0. The third kappa shape index (κ3) is 2.70. The molecular formula is C9H17NO4. The van der Waals surface area contributed by atoms with Gasteiger partial charge in [-0.05, 0) is 13.1 Å². The van der Waals surface area contributed by atoms with Crippen molar-refractivity contribution < 1.29 is 19.4 Å². The van der Waals surface area contributed by atoms with E-state index in [4.69, 9.17) is 9.84 Å². The first-order valence-electron chi connectivity index (χ1n) is 4.56. The van der Waals surface area contributed by atoms with Crippen molar-refractivity contribution in [1.82, 2.24) is 4.90 Å². The van der Waals surface area contributed by atoms with Gasteiger partial charge in [0.2, 0.25) is 0 Å². The third-order valence-corrected chi connectivity index (χ3v) is 2.11. The fraction of sp³-hybridized carbons (Fsp3) is 0.778. The van der Waals surface area contributed by atoms with Crippen molar-refractivity contribution in [3.8, 4) is 0 Å². The van der Waals surface area contributed by atoms with Crippen molar-refractivity contribution >= 4 is 11.9 Å². The molecule has 0 aliphatic heterocycles. The zero-order chi connectivity index (χ0) is 11.4. The van der Waals surface area contributed by atoms with E-state index in [2.05, 4.69) is 0 Å². The lowest BCUT2D eigenvalue weighted by Gasteiger charge is -2.35. The molecule has 0 aliphatic rings. The van der Waals surface area contributed by atoms with Gasteiger partial charge >= 0.3 is 11.9 Å². The van der Waals surface area contributed by atoms with Crippen LogP contribution in [0.25, 0.3) is 0 Å². The van der Waals surface area contributed by atoms with Gasteiger partial charge in [0.05, 0.1) is 0 Å². The maximum Gasteiger partial charge on any atom is 0.363 e. The molecule has 0 aromatic carbocycles. The number of likely N-dealkylation sites (N-methyl/N-ethyl adjacent to an activating group) is 1. The Labute approximate surface area is 83.6 Å². The van der Waals surface area contributed by atoms with E-state index in [0.29, 0.717) is 13.1 Å². The molecule has 0 bridgehead atoms. The van der Waals surface area contributed by atoms with Crippen LogP contribution in [0.1, 0.15) is 27.7 Å². The minimum Gasteiger partial charge on any atom is -0.477 e. The number of carbonyl (C=O) groups is 2. The van der Waals surface area contributed by atoms with Gasteiger partial charge in [-0.2, -0.15) is 0 Å². The Kier molecular flexibility index (Phi) is 4.56. The molecule has 0 amide bonds. The standard InChI is InChI=1S/C9H17NO4/c1-5-10(6-2)9(4,8(12)13)14-7(3)11/h5-6H2,1-4H3,(H,12,13). The first-order chi connectivity index (χ1) is 6.38. The summed E-state index contributed by atoms with van der Waals surface area (Å²) < 4.78 is 4.83. The van der Waals surface area contributed by atoms with Gasteiger partial charge in [0.15, 0.2) is 0 Å². The van der Waals surface area contributed by atoms with Gasteiger partial charge in [0.1, 0.15) is 0 Å². The molecule has 0 aliphatic carbocycles. The van der Waals surface area contributed by atoms with E-state index in [0.717, 1.165) is 0 Å². The van der Waals surface area contributed by atoms with Crippen LogP contribution < -0.4 is 0 Å². The summed E-state index contributed by atoms with van der Waals surface area (Å²) >= 11 is 0. The highest BCUT2D eigenvalue weighted by atomic mass is 16.6. The van der Waals surface area contributed by atoms with Crippen LogP contribution in [-0.2, 0) is 14.3 Å². The molecule has 0 saturated heterocycles. The van der Waals surface area contributed by atoms with Gasteiger partial charge in [-0.3, -0.25) is 9.69 Å². The topological polar surface area (TPSA) is 66.8 Å². The summed E-state index contributed by atoms with van der Waals surface area (Å²) in [5.41, 5.74) is -1.56. The number of rotatable bonds is 5. The molecule has 1 atom stereocenters. The number of hydrogen-bond donors (Lipinski definition) is 1. The highest BCUT2D eigenvalue weighted by molar-refractivity contribution is 5.80. The number of esters is 1. The Balaban J connectivity index is 4.86. The normalized spacial score (nSPS) is 14.9. The number of hydrogen-bond acceptors (Lipinski definition) is 4. The fourth-order valence-electron chi connectivity index (χ4n) is 1.35. The summed E-state index contributed by atoms with van der Waals surface area (Å²) in [6, 6.07) is 0. The lowest BCUT2D eigenvalue weighted by atomic mass is 10.2. The Hall–Kier alpha value is -1.10. The smallest absolute Gasteiger partial charge is 0.363 e. The minimum atomic E-state index is -1.56. The van der Waals surface area contributed by atoms with Crippen molar-refractivity contribution in [2.45, 2.75) is 33.4 Å². The van der Waals surface area contributed by atoms with E-state index >= 15 is 0 Å². The second-order valence-electron chi connectivity index (χ2n) is 3.05. The molecule has 0 aromatic rings. The van der Waals surface area contributed by atoms with Crippen LogP contribution in [0, 0.1) is 0 Å². The highest BCUT2D eigenvalue weighted by Crippen LogP contribution is 2.17. The van der Waals surface area contributed by atoms with E-state index < -0.39 is 17.7 Å². The van der Waals surface area contributed by atoms with Gasteiger partial charge in [-0.1, -0.05) is 13.8 Å². The second kappa shape index (κ2) is 4.95. The molecule has 82 valence electrons. The number of carboxylic acids is 1. The van der Waals surface area contributed by atoms with E-state index in [1.165, 1.54) is 13.8 Å². The highest BCUT2D eigenvalue weighted by Gasteiger charge is 2.41. The minimum absolute atomic E-state index is 0.507. The predicted octanol–water partition coefficient (Wildman–Crippen LogP) is 0.692. The molecular weight excluding hydrogens is 186 g/mol. The first-order valence-corrected chi connectivity index (χ1v) is 4.56. The molecule has 0 spiro atoms. The Morgan fingerprint density at radius 1 is 1.36 bits per heavy atom. The molecule has 0 rings (SSSR count). The predicted molar refractivity (Wildman–Crippen MR) is 50.7 cm³/mol. The summed E-state index contributed by atoms with van der Waals surface area (Å²) in [6.07, 6.45) is 0. The van der Waals surface area contributed by atoms with E-state index in [1.807, 2.05) is 13.8 Å². The van der Waals surface area contributed by atoms with Crippen LogP contribution >= 0.6 is 0 Å². The molecule has 5 heteroatoms. The summed E-state index contributed by atoms with van der Waals surface area (Å²) in [5, 5.41) is 9.00. The van der Waals surface area contributed by atoms with E-state index in [9.17, 15) is 9.59 Å². The zero-order valence-corrected chi connectivity index (χ0v) is 9.03. The third-order valence-electron chi connectivity index (χ3n) is 2.11. The number of nitrogens with zero attached hydrogens (tertiary/aromatic N) is 1. The second-order valence-corrected chi connectivity index (χ2v) is 3.05. The van der Waals surface area contributed by atoms with Gasteiger partial charge in [0.25, 0.3) is 5.72 Å². The van der Waals surface area contributed by atoms with Crippen LogP contribution in [0.15, 0.2) is 0 Å². The fourth-order valence-corrected chi connectivity index (χ4v) is 1.35. The number of aliphatic carboxylic acids is 1. The lowest BCUT2D eigenvalue weighted by molar-refractivity contribution is -0.198. The van der Waals surface area contributed by atoms with Gasteiger partial charge in [0, 0.05) is 13.8 Å². The Morgan fingerprint density at radius 2 is 1.79 bits per heavy atom. The molecule has 5 nitrogen and oxygen atoms in total. The average Bonchev–Trinajstić information content (AvgIpc) is 2.04. The van der Waals surface area contributed by atoms with Crippen LogP contribution in [0.3, 0.4) is 0 Å². The van der Waals surface area contributed by atoms with E-state index in [-0.39, 0.29) is 0 Å². The quantitative estimate of drug-likeness (QED) is 0.526. The SMILES string of the molecule is CCN(CC)C(C)(OC(C)=O)C(=O)O. The molecule has 1 unspecified atom stereocenters. The van der Waals surface area contributed by atoms with Gasteiger partial charge in [-0.25, -0.2) is 4.79 Å². The van der Waals surface area contributed by atoms with Gasteiger partial charge < -0.3 is 9.84 Å².